The standard InChI is InChI=1S/C15H19N5O5S/c1-23-8-4-7(5-9(24-2)12(8)25-3)18-11(21)6-10-13(22)19-15(26-10)20-14(16)17/h4-5,10H,6H2,1-3H3,(H,18,21)(H4,16,17,19,20,22)/t10-/m0/s1. The van der Waals surface area contributed by atoms with Crippen molar-refractivity contribution in [1.29, 1.82) is 0 Å². The molecule has 11 heteroatoms. The van der Waals surface area contributed by atoms with Gasteiger partial charge < -0.3 is 31.0 Å². The van der Waals surface area contributed by atoms with E-state index < -0.39 is 11.2 Å². The first kappa shape index (κ1) is 19.4. The van der Waals surface area contributed by atoms with Crippen LogP contribution in [-0.4, -0.2) is 49.5 Å². The van der Waals surface area contributed by atoms with E-state index >= 15 is 0 Å². The van der Waals surface area contributed by atoms with Gasteiger partial charge in [0.1, 0.15) is 5.25 Å². The summed E-state index contributed by atoms with van der Waals surface area (Å²) in [5.74, 6) is 0.149. The van der Waals surface area contributed by atoms with Crippen molar-refractivity contribution in [2.75, 3.05) is 26.6 Å². The van der Waals surface area contributed by atoms with Gasteiger partial charge in [0.25, 0.3) is 5.91 Å². The Labute approximate surface area is 154 Å². The molecule has 0 bridgehead atoms. The molecular formula is C15H19N5O5S. The van der Waals surface area contributed by atoms with Crippen molar-refractivity contribution in [3.63, 3.8) is 0 Å². The molecule has 0 radical (unpaired) electrons. The maximum Gasteiger partial charge on any atom is 0.262 e. The van der Waals surface area contributed by atoms with Crippen LogP contribution in [0.5, 0.6) is 17.2 Å². The van der Waals surface area contributed by atoms with Crippen LogP contribution in [0.2, 0.25) is 0 Å². The van der Waals surface area contributed by atoms with Crippen molar-refractivity contribution >= 4 is 40.4 Å². The van der Waals surface area contributed by atoms with Crippen LogP contribution >= 0.6 is 11.8 Å². The molecule has 1 aromatic rings. The molecule has 0 spiro atoms. The highest BCUT2D eigenvalue weighted by molar-refractivity contribution is 8.15. The first-order valence-corrected chi connectivity index (χ1v) is 8.24. The van der Waals surface area contributed by atoms with Gasteiger partial charge in [-0.2, -0.15) is 9.98 Å². The lowest BCUT2D eigenvalue weighted by atomic mass is 10.2. The van der Waals surface area contributed by atoms with Crippen LogP contribution in [0, 0.1) is 0 Å². The number of thioether (sulfide) groups is 1. The molecule has 0 unspecified atom stereocenters. The summed E-state index contributed by atoms with van der Waals surface area (Å²) in [5.41, 5.74) is 10.9. The number of carbonyl (C=O) groups is 2. The number of hydrogen-bond acceptors (Lipinski definition) is 7. The molecule has 0 fully saturated rings. The van der Waals surface area contributed by atoms with Crippen molar-refractivity contribution in [2.24, 2.45) is 21.5 Å². The molecule has 10 nitrogen and oxygen atoms in total. The molecule has 5 N–H and O–H groups in total. The number of nitrogens with zero attached hydrogens (tertiary/aromatic N) is 2. The summed E-state index contributed by atoms with van der Waals surface area (Å²) in [5, 5.41) is 2.14. The van der Waals surface area contributed by atoms with Crippen molar-refractivity contribution < 1.29 is 23.8 Å². The van der Waals surface area contributed by atoms with Gasteiger partial charge in [-0.25, -0.2) is 0 Å². The Bertz CT molecular complexity index is 751. The second-order valence-electron chi connectivity index (χ2n) is 5.04. The van der Waals surface area contributed by atoms with E-state index in [-0.39, 0.29) is 23.5 Å². The summed E-state index contributed by atoms with van der Waals surface area (Å²) in [6.45, 7) is 0. The van der Waals surface area contributed by atoms with Gasteiger partial charge in [-0.1, -0.05) is 11.8 Å². The molecule has 2 rings (SSSR count). The average molecular weight is 381 g/mol. The average Bonchev–Trinajstić information content (AvgIpc) is 2.91. The maximum atomic E-state index is 12.3. The minimum atomic E-state index is -0.685. The number of nitrogens with two attached hydrogens (primary N) is 2. The maximum absolute atomic E-state index is 12.3. The molecule has 0 saturated carbocycles. The third-order valence-corrected chi connectivity index (χ3v) is 4.32. The number of methoxy groups -OCH3 is 3. The highest BCUT2D eigenvalue weighted by Gasteiger charge is 2.30. The van der Waals surface area contributed by atoms with E-state index in [1.165, 1.54) is 21.3 Å². The predicted molar refractivity (Wildman–Crippen MR) is 99.0 cm³/mol. The van der Waals surface area contributed by atoms with Crippen LogP contribution in [0.1, 0.15) is 6.42 Å². The van der Waals surface area contributed by atoms with Gasteiger partial charge in [0, 0.05) is 24.2 Å². The molecular weight excluding hydrogens is 362 g/mol. The summed E-state index contributed by atoms with van der Waals surface area (Å²) in [4.78, 5) is 31.5. The van der Waals surface area contributed by atoms with E-state index in [1.807, 2.05) is 0 Å². The number of amidine groups is 1. The van der Waals surface area contributed by atoms with Crippen molar-refractivity contribution in [2.45, 2.75) is 11.7 Å². The summed E-state index contributed by atoms with van der Waals surface area (Å²) in [6.07, 6.45) is -0.0901. The number of anilines is 1. The van der Waals surface area contributed by atoms with E-state index in [1.54, 1.807) is 12.1 Å². The summed E-state index contributed by atoms with van der Waals surface area (Å²) < 4.78 is 15.7. The zero-order valence-electron chi connectivity index (χ0n) is 14.4. The first-order valence-electron chi connectivity index (χ1n) is 7.36. The minimum absolute atomic E-state index is 0.0901. The SMILES string of the molecule is COc1cc(NC(=O)C[C@@H]2SC(N=C(N)N)=NC2=O)cc(OC)c1OC. The minimum Gasteiger partial charge on any atom is -0.493 e. The zero-order valence-corrected chi connectivity index (χ0v) is 15.3. The molecule has 0 aliphatic carbocycles. The summed E-state index contributed by atoms with van der Waals surface area (Å²) in [7, 11) is 4.42. The van der Waals surface area contributed by atoms with E-state index in [0.29, 0.717) is 22.9 Å². The highest BCUT2D eigenvalue weighted by Crippen LogP contribution is 2.40. The normalized spacial score (nSPS) is 15.9. The Morgan fingerprint density at radius 1 is 1.23 bits per heavy atom. The molecule has 2 amide bonds. The Hall–Kier alpha value is -2.95. The Balaban J connectivity index is 2.07. The van der Waals surface area contributed by atoms with Crippen molar-refractivity contribution in [3.8, 4) is 17.2 Å². The summed E-state index contributed by atoms with van der Waals surface area (Å²) in [6, 6.07) is 3.18. The van der Waals surface area contributed by atoms with Crippen LogP contribution < -0.4 is 31.0 Å². The van der Waals surface area contributed by atoms with Crippen LogP contribution in [0.4, 0.5) is 5.69 Å². The van der Waals surface area contributed by atoms with Gasteiger partial charge in [-0.3, -0.25) is 9.59 Å². The lowest BCUT2D eigenvalue weighted by molar-refractivity contribution is -0.121. The topological polar surface area (TPSA) is 151 Å². The zero-order chi connectivity index (χ0) is 19.3. The van der Waals surface area contributed by atoms with Crippen LogP contribution in [0.3, 0.4) is 0 Å². The first-order chi connectivity index (χ1) is 12.4. The fourth-order valence-corrected chi connectivity index (χ4v) is 3.14. The highest BCUT2D eigenvalue weighted by atomic mass is 32.2. The Morgan fingerprint density at radius 2 is 1.85 bits per heavy atom. The van der Waals surface area contributed by atoms with Crippen molar-refractivity contribution in [1.82, 2.24) is 0 Å². The number of benzene rings is 1. The van der Waals surface area contributed by atoms with E-state index in [0.717, 1.165) is 11.8 Å². The molecule has 0 saturated heterocycles. The van der Waals surface area contributed by atoms with Crippen molar-refractivity contribution in [3.05, 3.63) is 12.1 Å². The number of nitrogens with one attached hydrogen (secondary N) is 1. The third kappa shape index (κ3) is 4.57. The van der Waals surface area contributed by atoms with E-state index in [9.17, 15) is 9.59 Å². The van der Waals surface area contributed by atoms with Gasteiger partial charge in [-0.05, 0) is 0 Å². The van der Waals surface area contributed by atoms with E-state index in [2.05, 4.69) is 15.3 Å². The fraction of sp³-hybridized carbons (Fsp3) is 0.333. The quantitative estimate of drug-likeness (QED) is 0.470. The second kappa shape index (κ2) is 8.43. The molecule has 26 heavy (non-hydrogen) atoms. The molecule has 0 aromatic heterocycles. The molecule has 140 valence electrons. The Kier molecular flexibility index (Phi) is 6.28. The number of ether oxygens (including phenoxy) is 3. The third-order valence-electron chi connectivity index (χ3n) is 3.27. The number of aliphatic imine (C=N–C) groups is 2. The largest absolute Gasteiger partial charge is 0.493 e. The van der Waals surface area contributed by atoms with Gasteiger partial charge in [-0.15, -0.1) is 0 Å². The van der Waals surface area contributed by atoms with Gasteiger partial charge in [0.2, 0.25) is 11.7 Å². The Morgan fingerprint density at radius 3 is 2.35 bits per heavy atom. The monoisotopic (exact) mass is 381 g/mol. The number of carbonyl (C=O) groups excluding carboxylic acids is 2. The van der Waals surface area contributed by atoms with Gasteiger partial charge >= 0.3 is 0 Å². The van der Waals surface area contributed by atoms with Crippen LogP contribution in [0.25, 0.3) is 0 Å². The number of hydrogen-bond donors (Lipinski definition) is 3. The number of rotatable bonds is 6. The molecule has 1 aliphatic heterocycles. The predicted octanol–water partition coefficient (Wildman–Crippen LogP) is 0.312. The second-order valence-corrected chi connectivity index (χ2v) is 6.21. The smallest absolute Gasteiger partial charge is 0.262 e. The van der Waals surface area contributed by atoms with E-state index in [4.69, 9.17) is 25.7 Å². The molecule has 1 atom stereocenters. The number of guanidine groups is 1. The van der Waals surface area contributed by atoms with Gasteiger partial charge in [0.05, 0.1) is 21.3 Å². The fourth-order valence-electron chi connectivity index (χ4n) is 2.19. The van der Waals surface area contributed by atoms with Gasteiger partial charge in [0.15, 0.2) is 22.6 Å². The summed E-state index contributed by atoms with van der Waals surface area (Å²) >= 11 is 1.03. The number of amides is 2. The molecule has 1 aliphatic rings. The lowest BCUT2D eigenvalue weighted by Crippen LogP contribution is -2.23. The van der Waals surface area contributed by atoms with Crippen LogP contribution in [0.15, 0.2) is 22.1 Å². The van der Waals surface area contributed by atoms with Crippen LogP contribution in [-0.2, 0) is 9.59 Å². The molecule has 1 heterocycles. The lowest BCUT2D eigenvalue weighted by Gasteiger charge is -2.15. The molecule has 1 aromatic carbocycles.